The van der Waals surface area contributed by atoms with Gasteiger partial charge < -0.3 is 0 Å². The Kier molecular flexibility index (Phi) is 1.65. The van der Waals surface area contributed by atoms with E-state index in [0.717, 1.165) is 12.8 Å². The van der Waals surface area contributed by atoms with E-state index in [1.165, 1.54) is 0 Å². The Labute approximate surface area is 55.7 Å². The lowest BCUT2D eigenvalue weighted by Crippen LogP contribution is -2.19. The summed E-state index contributed by atoms with van der Waals surface area (Å²) < 4.78 is 0. The lowest BCUT2D eigenvalue weighted by atomic mass is 9.86. The van der Waals surface area contributed by atoms with E-state index in [1.54, 1.807) is 0 Å². The molecule has 0 bridgehead atoms. The summed E-state index contributed by atoms with van der Waals surface area (Å²) in [5, 5.41) is 7.65. The van der Waals surface area contributed by atoms with Gasteiger partial charge in [0.1, 0.15) is 0 Å². The van der Waals surface area contributed by atoms with Gasteiger partial charge in [0, 0.05) is 17.8 Å². The van der Waals surface area contributed by atoms with Crippen LogP contribution in [0.25, 0.3) is 0 Å². The zero-order valence-electron chi connectivity index (χ0n) is 5.96. The lowest BCUT2D eigenvalue weighted by molar-refractivity contribution is 0.563. The zero-order chi connectivity index (χ0) is 6.74. The van der Waals surface area contributed by atoms with E-state index in [0.29, 0.717) is 0 Å². The van der Waals surface area contributed by atoms with Crippen LogP contribution in [0.2, 0.25) is 0 Å². The molecule has 0 saturated carbocycles. The Morgan fingerprint density at radius 3 is 1.78 bits per heavy atom. The second-order valence-electron chi connectivity index (χ2n) is 2.43. The van der Waals surface area contributed by atoms with Gasteiger partial charge in [-0.15, -0.1) is 0 Å². The fraction of sp³-hybridized carbons (Fsp3) is 0.714. The van der Waals surface area contributed by atoms with Crippen molar-refractivity contribution in [1.29, 1.82) is 0 Å². The first-order chi connectivity index (χ1) is 4.33. The molecule has 0 N–H and O–H groups in total. The smallest absolute Gasteiger partial charge is 0.0441 e. The summed E-state index contributed by atoms with van der Waals surface area (Å²) in [6.07, 6.45) is 6.09. The van der Waals surface area contributed by atoms with Crippen molar-refractivity contribution in [3.8, 4) is 0 Å². The van der Waals surface area contributed by atoms with Crippen LogP contribution < -0.4 is 0 Å². The molecule has 50 valence electrons. The summed E-state index contributed by atoms with van der Waals surface area (Å²) >= 11 is 0. The highest BCUT2D eigenvalue weighted by Gasteiger charge is 2.23. The summed E-state index contributed by atoms with van der Waals surface area (Å²) in [7, 11) is 0. The van der Waals surface area contributed by atoms with Gasteiger partial charge in [0.25, 0.3) is 0 Å². The van der Waals surface area contributed by atoms with E-state index in [2.05, 4.69) is 24.1 Å². The molecule has 9 heavy (non-hydrogen) atoms. The first kappa shape index (κ1) is 6.46. The van der Waals surface area contributed by atoms with Crippen molar-refractivity contribution in [3.05, 3.63) is 0 Å². The molecule has 0 unspecified atom stereocenters. The van der Waals surface area contributed by atoms with E-state index in [-0.39, 0.29) is 5.41 Å². The highest BCUT2D eigenvalue weighted by Crippen LogP contribution is 2.23. The molecule has 0 aromatic rings. The van der Waals surface area contributed by atoms with Gasteiger partial charge in [0.15, 0.2) is 0 Å². The molecule has 1 heterocycles. The van der Waals surface area contributed by atoms with E-state index >= 15 is 0 Å². The maximum atomic E-state index is 3.82. The van der Waals surface area contributed by atoms with Crippen LogP contribution in [0.4, 0.5) is 0 Å². The topological polar surface area (TPSA) is 24.7 Å². The number of hydrogen-bond donors (Lipinski definition) is 0. The van der Waals surface area contributed by atoms with Gasteiger partial charge in [0.2, 0.25) is 0 Å². The molecule has 1 aliphatic heterocycles. The molecule has 0 aliphatic carbocycles. The van der Waals surface area contributed by atoms with Crippen LogP contribution in [0.3, 0.4) is 0 Å². The van der Waals surface area contributed by atoms with Crippen LogP contribution in [0, 0.1) is 5.41 Å². The Hall–Kier alpha value is -0.660. The third kappa shape index (κ3) is 1.02. The summed E-state index contributed by atoms with van der Waals surface area (Å²) in [5.41, 5.74) is 0.194. The molecule has 0 saturated heterocycles. The first-order valence-electron chi connectivity index (χ1n) is 3.42. The quantitative estimate of drug-likeness (QED) is 0.537. The van der Waals surface area contributed by atoms with Gasteiger partial charge in [-0.25, -0.2) is 0 Å². The Morgan fingerprint density at radius 1 is 1.11 bits per heavy atom. The van der Waals surface area contributed by atoms with E-state index < -0.39 is 0 Å². The summed E-state index contributed by atoms with van der Waals surface area (Å²) in [6, 6.07) is 0. The molecule has 0 fully saturated rings. The van der Waals surface area contributed by atoms with E-state index in [4.69, 9.17) is 0 Å². The van der Waals surface area contributed by atoms with Crippen molar-refractivity contribution in [3.63, 3.8) is 0 Å². The second-order valence-corrected chi connectivity index (χ2v) is 2.43. The maximum absolute atomic E-state index is 3.82. The van der Waals surface area contributed by atoms with E-state index in [9.17, 15) is 0 Å². The van der Waals surface area contributed by atoms with Gasteiger partial charge in [-0.05, 0) is 12.8 Å². The average molecular weight is 124 g/mol. The molecule has 0 radical (unpaired) electrons. The maximum Gasteiger partial charge on any atom is 0.0441 e. The molecule has 0 spiro atoms. The van der Waals surface area contributed by atoms with Gasteiger partial charge >= 0.3 is 0 Å². The van der Waals surface area contributed by atoms with E-state index in [1.807, 2.05) is 12.4 Å². The van der Waals surface area contributed by atoms with Crippen molar-refractivity contribution < 1.29 is 0 Å². The Morgan fingerprint density at radius 2 is 1.56 bits per heavy atom. The third-order valence-electron chi connectivity index (χ3n) is 2.01. The average Bonchev–Trinajstić information content (AvgIpc) is 2.36. The van der Waals surface area contributed by atoms with Crippen molar-refractivity contribution in [1.82, 2.24) is 0 Å². The minimum absolute atomic E-state index is 0.194. The lowest BCUT2D eigenvalue weighted by Gasteiger charge is -2.16. The predicted molar refractivity (Wildman–Crippen MR) is 40.0 cm³/mol. The molecular formula is C7H12N2. The monoisotopic (exact) mass is 124 g/mol. The van der Waals surface area contributed by atoms with Gasteiger partial charge in [0.05, 0.1) is 0 Å². The summed E-state index contributed by atoms with van der Waals surface area (Å²) in [4.78, 5) is 0. The second kappa shape index (κ2) is 2.29. The first-order valence-corrected chi connectivity index (χ1v) is 3.42. The Bertz CT molecular complexity index is 129. The molecule has 0 aromatic carbocycles. The predicted octanol–water partition coefficient (Wildman–Crippen LogP) is 1.86. The van der Waals surface area contributed by atoms with Crippen molar-refractivity contribution in [2.24, 2.45) is 15.6 Å². The van der Waals surface area contributed by atoms with Crippen LogP contribution in [-0.4, -0.2) is 12.4 Å². The van der Waals surface area contributed by atoms with Crippen LogP contribution in [-0.2, 0) is 0 Å². The fourth-order valence-electron chi connectivity index (χ4n) is 0.945. The minimum Gasteiger partial charge on any atom is -0.163 e. The Balaban J connectivity index is 2.69. The highest BCUT2D eigenvalue weighted by molar-refractivity contribution is 5.92. The van der Waals surface area contributed by atoms with Crippen LogP contribution in [0.15, 0.2) is 10.2 Å². The largest absolute Gasteiger partial charge is 0.163 e. The molecule has 2 nitrogen and oxygen atoms in total. The fourth-order valence-corrected chi connectivity index (χ4v) is 0.945. The van der Waals surface area contributed by atoms with Crippen LogP contribution in [0.1, 0.15) is 26.7 Å². The molecular weight excluding hydrogens is 112 g/mol. The SMILES string of the molecule is CCC1(CC)C=NN=C1. The van der Waals surface area contributed by atoms with Crippen molar-refractivity contribution in [2.75, 3.05) is 0 Å². The molecule has 0 amide bonds. The molecule has 0 atom stereocenters. The highest BCUT2D eigenvalue weighted by atomic mass is 15.2. The number of hydrogen-bond acceptors (Lipinski definition) is 2. The van der Waals surface area contributed by atoms with Gasteiger partial charge in [-0.3, -0.25) is 0 Å². The molecule has 0 aromatic heterocycles. The number of nitrogens with zero attached hydrogens (tertiary/aromatic N) is 2. The molecule has 2 heteroatoms. The number of rotatable bonds is 2. The van der Waals surface area contributed by atoms with Gasteiger partial charge in [-0.2, -0.15) is 10.2 Å². The normalized spacial score (nSPS) is 21.1. The van der Waals surface area contributed by atoms with Crippen molar-refractivity contribution >= 4 is 12.4 Å². The summed E-state index contributed by atoms with van der Waals surface area (Å²) in [6.45, 7) is 4.32. The minimum atomic E-state index is 0.194. The van der Waals surface area contributed by atoms with Crippen molar-refractivity contribution in [2.45, 2.75) is 26.7 Å². The van der Waals surface area contributed by atoms with Crippen LogP contribution >= 0.6 is 0 Å². The zero-order valence-corrected chi connectivity index (χ0v) is 5.96. The molecule has 1 rings (SSSR count). The summed E-state index contributed by atoms with van der Waals surface area (Å²) in [5.74, 6) is 0. The molecule has 1 aliphatic rings. The van der Waals surface area contributed by atoms with Crippen LogP contribution in [0.5, 0.6) is 0 Å². The standard InChI is InChI=1S/C7H12N2/c1-3-7(4-2)5-8-9-6-7/h5-6H,3-4H2,1-2H3. The third-order valence-corrected chi connectivity index (χ3v) is 2.01. The van der Waals surface area contributed by atoms with Gasteiger partial charge in [-0.1, -0.05) is 13.8 Å².